The second-order valence-electron chi connectivity index (χ2n) is 11.6. The zero-order chi connectivity index (χ0) is 33.2. The number of fused-ring (bicyclic) bond motifs is 1. The van der Waals surface area contributed by atoms with Gasteiger partial charge in [-0.25, -0.2) is 4.79 Å². The van der Waals surface area contributed by atoms with Gasteiger partial charge in [0, 0.05) is 33.7 Å². The highest BCUT2D eigenvalue weighted by molar-refractivity contribution is 14.1. The molecular formula is C34H23I3O9S. The summed E-state index contributed by atoms with van der Waals surface area (Å²) in [6.45, 7) is 0. The predicted octanol–water partition coefficient (Wildman–Crippen LogP) is 7.02. The fourth-order valence-corrected chi connectivity index (χ4v) is 10.4. The van der Waals surface area contributed by atoms with E-state index < -0.39 is 58.0 Å². The van der Waals surface area contributed by atoms with Crippen LogP contribution < -0.4 is 4.74 Å². The summed E-state index contributed by atoms with van der Waals surface area (Å²) < 4.78 is 56.2. The molecule has 1 heterocycles. The second-order valence-corrected chi connectivity index (χ2v) is 16.5. The van der Waals surface area contributed by atoms with Crippen LogP contribution in [0.2, 0.25) is 0 Å². The van der Waals surface area contributed by atoms with Gasteiger partial charge < -0.3 is 14.2 Å². The van der Waals surface area contributed by atoms with E-state index in [9.17, 15) is 27.4 Å². The summed E-state index contributed by atoms with van der Waals surface area (Å²) >= 11 is 6.38. The van der Waals surface area contributed by atoms with E-state index in [2.05, 4.69) is 67.8 Å². The molecule has 2 aliphatic carbocycles. The Morgan fingerprint density at radius 3 is 2.02 bits per heavy atom. The highest BCUT2D eigenvalue weighted by Gasteiger charge is 2.70. The van der Waals surface area contributed by atoms with Crippen LogP contribution >= 0.6 is 67.8 Å². The fraction of sp³-hybridized carbons (Fsp3) is 0.206. The maximum absolute atomic E-state index is 14.0. The molecule has 47 heavy (non-hydrogen) atoms. The molecule has 4 aromatic rings. The number of rotatable bonds is 7. The molecule has 9 nitrogen and oxygen atoms in total. The van der Waals surface area contributed by atoms with E-state index in [1.807, 2.05) is 6.07 Å². The molecule has 13 heteroatoms. The number of benzene rings is 4. The van der Waals surface area contributed by atoms with Gasteiger partial charge in [0.15, 0.2) is 0 Å². The highest BCUT2D eigenvalue weighted by Crippen LogP contribution is 2.59. The summed E-state index contributed by atoms with van der Waals surface area (Å²) in [7, 11) is -4.74. The van der Waals surface area contributed by atoms with Gasteiger partial charge in [-0.15, -0.1) is 0 Å². The Morgan fingerprint density at radius 1 is 0.851 bits per heavy atom. The van der Waals surface area contributed by atoms with Crippen molar-refractivity contribution in [2.75, 3.05) is 0 Å². The minimum atomic E-state index is -4.74. The second kappa shape index (κ2) is 12.7. The van der Waals surface area contributed by atoms with Crippen LogP contribution in [0.4, 0.5) is 0 Å². The van der Waals surface area contributed by atoms with Gasteiger partial charge in [0.25, 0.3) is 10.1 Å². The maximum Gasteiger partial charge on any atom is 0.339 e. The zero-order valence-electron chi connectivity index (χ0n) is 24.0. The fourth-order valence-electron chi connectivity index (χ4n) is 7.15. The molecule has 0 amide bonds. The van der Waals surface area contributed by atoms with E-state index in [0.717, 1.165) is 10.7 Å². The number of carbonyl (C=O) groups is 3. The van der Waals surface area contributed by atoms with Gasteiger partial charge in [-0.05, 0) is 110 Å². The molecule has 3 aliphatic rings. The van der Waals surface area contributed by atoms with Gasteiger partial charge in [-0.2, -0.15) is 8.42 Å². The lowest BCUT2D eigenvalue weighted by Gasteiger charge is -2.30. The van der Waals surface area contributed by atoms with E-state index in [4.69, 9.17) is 14.2 Å². The average Bonchev–Trinajstić information content (AvgIpc) is 3.67. The van der Waals surface area contributed by atoms with E-state index in [1.54, 1.807) is 66.7 Å². The van der Waals surface area contributed by atoms with Crippen LogP contribution in [-0.2, 0) is 29.2 Å². The van der Waals surface area contributed by atoms with Crippen molar-refractivity contribution in [3.63, 3.8) is 0 Å². The van der Waals surface area contributed by atoms with Crippen molar-refractivity contribution in [2.45, 2.75) is 23.5 Å². The molecule has 2 saturated carbocycles. The summed E-state index contributed by atoms with van der Waals surface area (Å²) in [4.78, 5) is 40.2. The first-order valence-electron chi connectivity index (χ1n) is 14.5. The van der Waals surface area contributed by atoms with Gasteiger partial charge in [-0.3, -0.25) is 14.1 Å². The van der Waals surface area contributed by atoms with Gasteiger partial charge in [0.1, 0.15) is 22.9 Å². The van der Waals surface area contributed by atoms with E-state index in [-0.39, 0.29) is 27.7 Å². The maximum atomic E-state index is 14.0. The van der Waals surface area contributed by atoms with Crippen molar-refractivity contribution >= 4 is 95.8 Å². The van der Waals surface area contributed by atoms with Crippen LogP contribution in [0.3, 0.4) is 0 Å². The lowest BCUT2D eigenvalue weighted by molar-refractivity contribution is -0.149. The molecule has 6 atom stereocenters. The molecule has 7 rings (SSSR count). The van der Waals surface area contributed by atoms with Crippen molar-refractivity contribution in [2.24, 2.45) is 23.7 Å². The zero-order valence-corrected chi connectivity index (χ0v) is 31.3. The minimum absolute atomic E-state index is 0.0299. The summed E-state index contributed by atoms with van der Waals surface area (Å²) in [5.41, 5.74) is 1.62. The Balaban J connectivity index is 1.25. The average molecular weight is 988 g/mol. The van der Waals surface area contributed by atoms with Crippen molar-refractivity contribution in [1.29, 1.82) is 0 Å². The Labute approximate surface area is 310 Å². The smallest absolute Gasteiger partial charge is 0.339 e. The molecule has 4 aromatic carbocycles. The summed E-state index contributed by atoms with van der Waals surface area (Å²) in [5.74, 6) is -4.28. The Bertz CT molecular complexity index is 1990. The van der Waals surface area contributed by atoms with E-state index in [0.29, 0.717) is 23.1 Å². The molecule has 0 spiro atoms. The van der Waals surface area contributed by atoms with Gasteiger partial charge in [-0.1, -0.05) is 60.7 Å². The number of esters is 3. The predicted molar refractivity (Wildman–Crippen MR) is 195 cm³/mol. The molecule has 240 valence electrons. The van der Waals surface area contributed by atoms with E-state index in [1.165, 1.54) is 12.1 Å². The van der Waals surface area contributed by atoms with Crippen LogP contribution in [0.15, 0.2) is 89.8 Å². The molecule has 6 unspecified atom stereocenters. The first-order valence-corrected chi connectivity index (χ1v) is 19.1. The Kier molecular flexibility index (Phi) is 8.89. The molecule has 1 aliphatic heterocycles. The SMILES string of the molecule is O=C(OC1C2CC3C1OC(=O)C3C2C(=O)Oc1cc(-c2ccccc2)c(S(=O)(=O)O)c(-c2ccccc2)c1)c1cc(I)cc(I)c1I. The standard InChI is InChI=1S/C34H23I3O9S/c35-18-11-24(28(37)25(36)12-18)32(38)45-29-22-15-23-27(34(40)46-30(23)29)26(22)33(39)44-19-13-20(16-7-3-1-4-8-16)31(47(41,42)43)21(14-19)17-9-5-2-6-10-17/h1-14,22-23,26-27,29-30H,15H2,(H,41,42,43). The third-order valence-corrected chi connectivity index (χ3v) is 13.6. The molecule has 2 bridgehead atoms. The van der Waals surface area contributed by atoms with Crippen molar-refractivity contribution in [3.05, 3.63) is 101 Å². The first-order chi connectivity index (χ1) is 22.4. The van der Waals surface area contributed by atoms with Crippen molar-refractivity contribution in [3.8, 4) is 28.0 Å². The Morgan fingerprint density at radius 2 is 1.45 bits per heavy atom. The van der Waals surface area contributed by atoms with Crippen molar-refractivity contribution in [1.82, 2.24) is 0 Å². The number of halogens is 3. The lowest BCUT2D eigenvalue weighted by Crippen LogP contribution is -2.44. The minimum Gasteiger partial charge on any atom is -0.458 e. The first kappa shape index (κ1) is 32.9. The third kappa shape index (κ3) is 5.99. The van der Waals surface area contributed by atoms with Crippen LogP contribution in [0.25, 0.3) is 22.3 Å². The van der Waals surface area contributed by atoms with Crippen molar-refractivity contribution < 1.29 is 41.6 Å². The largest absolute Gasteiger partial charge is 0.458 e. The van der Waals surface area contributed by atoms with Crippen LogP contribution in [0.1, 0.15) is 16.8 Å². The molecule has 0 aromatic heterocycles. The van der Waals surface area contributed by atoms with Crippen LogP contribution in [0, 0.1) is 34.4 Å². The van der Waals surface area contributed by atoms with Gasteiger partial charge in [0.2, 0.25) is 0 Å². The molecule has 1 N–H and O–H groups in total. The molecule has 0 radical (unpaired) electrons. The number of carbonyl (C=O) groups excluding carboxylic acids is 3. The number of hydrogen-bond donors (Lipinski definition) is 1. The van der Waals surface area contributed by atoms with Gasteiger partial charge in [0.05, 0.1) is 17.4 Å². The summed E-state index contributed by atoms with van der Waals surface area (Å²) in [5, 5.41) is 0. The monoisotopic (exact) mass is 988 g/mol. The molecular weight excluding hydrogens is 965 g/mol. The number of hydrogen-bond acceptors (Lipinski definition) is 8. The summed E-state index contributed by atoms with van der Waals surface area (Å²) in [6.07, 6.45) is -1.03. The van der Waals surface area contributed by atoms with Crippen LogP contribution in [0.5, 0.6) is 5.75 Å². The molecule has 3 fully saturated rings. The molecule has 1 saturated heterocycles. The van der Waals surface area contributed by atoms with Gasteiger partial charge >= 0.3 is 17.9 Å². The lowest BCUT2D eigenvalue weighted by atomic mass is 9.78. The number of ether oxygens (including phenoxy) is 3. The normalized spacial score (nSPS) is 24.2. The van der Waals surface area contributed by atoms with E-state index >= 15 is 0 Å². The highest BCUT2D eigenvalue weighted by atomic mass is 127. The Hall–Kier alpha value is -2.61. The quantitative estimate of drug-likeness (QED) is 0.0683. The summed E-state index contributed by atoms with van der Waals surface area (Å²) in [6, 6.07) is 23.6. The third-order valence-electron chi connectivity index (χ3n) is 8.98. The topological polar surface area (TPSA) is 133 Å². The van der Waals surface area contributed by atoms with Crippen LogP contribution in [-0.4, -0.2) is 43.1 Å².